The molecule has 0 unspecified atom stereocenters. The number of nitrogens with zero attached hydrogens (tertiary/aromatic N) is 2. The van der Waals surface area contributed by atoms with Gasteiger partial charge in [0.15, 0.2) is 0 Å². The molecule has 2 aromatic rings. The minimum Gasteiger partial charge on any atom is -0.350 e. The van der Waals surface area contributed by atoms with Crippen LogP contribution in [0.3, 0.4) is 0 Å². The summed E-state index contributed by atoms with van der Waals surface area (Å²) in [7, 11) is 0. The van der Waals surface area contributed by atoms with Crippen LogP contribution in [0.25, 0.3) is 10.9 Å². The molecule has 0 saturated heterocycles. The number of hydrogen-bond acceptors (Lipinski definition) is 3. The molecule has 5 heteroatoms. The highest BCUT2D eigenvalue weighted by atomic mass is 16.2. The van der Waals surface area contributed by atoms with Crippen molar-refractivity contribution in [3.05, 3.63) is 40.9 Å². The maximum Gasteiger partial charge on any atom is 0.260 e. The van der Waals surface area contributed by atoms with Gasteiger partial charge in [-0.05, 0) is 45.4 Å². The van der Waals surface area contributed by atoms with Crippen LogP contribution >= 0.6 is 0 Å². The van der Waals surface area contributed by atoms with Crippen LogP contribution in [0, 0.1) is 0 Å². The lowest BCUT2D eigenvalue weighted by atomic mass is 10.1. The standard InChI is InChI=1S/C16H21N3O2/c1-5-13(14(20)18-16(2,3)4)19-10-8-12-11(15(19)21)7-6-9-17-12/h6-10,13H,5H2,1-4H3,(H,18,20)/t13-/m1/s1. The van der Waals surface area contributed by atoms with E-state index in [1.807, 2.05) is 27.7 Å². The number of nitrogens with one attached hydrogen (secondary N) is 1. The molecular weight excluding hydrogens is 266 g/mol. The molecule has 1 amide bonds. The van der Waals surface area contributed by atoms with Crippen LogP contribution in [0.4, 0.5) is 0 Å². The Morgan fingerprint density at radius 2 is 2.10 bits per heavy atom. The Kier molecular flexibility index (Phi) is 4.11. The predicted octanol–water partition coefficient (Wildman–Crippen LogP) is 2.26. The highest BCUT2D eigenvalue weighted by molar-refractivity contribution is 5.82. The monoisotopic (exact) mass is 287 g/mol. The number of carbonyl (C=O) groups excluding carboxylic acids is 1. The molecule has 1 N–H and O–H groups in total. The molecule has 0 aromatic carbocycles. The molecule has 0 radical (unpaired) electrons. The van der Waals surface area contributed by atoms with Crippen molar-refractivity contribution in [2.45, 2.75) is 45.7 Å². The van der Waals surface area contributed by atoms with Gasteiger partial charge in [0.2, 0.25) is 5.91 Å². The number of carbonyl (C=O) groups is 1. The zero-order valence-corrected chi connectivity index (χ0v) is 12.9. The van der Waals surface area contributed by atoms with Gasteiger partial charge < -0.3 is 9.88 Å². The van der Waals surface area contributed by atoms with Crippen molar-refractivity contribution >= 4 is 16.8 Å². The fourth-order valence-corrected chi connectivity index (χ4v) is 2.30. The van der Waals surface area contributed by atoms with Gasteiger partial charge in [0, 0.05) is 17.9 Å². The molecule has 0 aliphatic rings. The molecule has 0 aliphatic heterocycles. The van der Waals surface area contributed by atoms with Crippen molar-refractivity contribution < 1.29 is 4.79 Å². The summed E-state index contributed by atoms with van der Waals surface area (Å²) < 4.78 is 1.49. The first kappa shape index (κ1) is 15.2. The summed E-state index contributed by atoms with van der Waals surface area (Å²) >= 11 is 0. The van der Waals surface area contributed by atoms with E-state index in [-0.39, 0.29) is 17.0 Å². The van der Waals surface area contributed by atoms with Gasteiger partial charge >= 0.3 is 0 Å². The molecule has 2 rings (SSSR count). The van der Waals surface area contributed by atoms with Gasteiger partial charge in [-0.2, -0.15) is 0 Å². The molecule has 1 atom stereocenters. The number of fused-ring (bicyclic) bond motifs is 1. The minimum absolute atomic E-state index is 0.143. The second-order valence-corrected chi connectivity index (χ2v) is 6.13. The van der Waals surface area contributed by atoms with Crippen molar-refractivity contribution in [3.8, 4) is 0 Å². The van der Waals surface area contributed by atoms with E-state index in [2.05, 4.69) is 10.3 Å². The first-order chi connectivity index (χ1) is 9.83. The van der Waals surface area contributed by atoms with Crippen molar-refractivity contribution in [2.75, 3.05) is 0 Å². The third-order valence-electron chi connectivity index (χ3n) is 3.22. The smallest absolute Gasteiger partial charge is 0.260 e. The normalized spacial score (nSPS) is 13.1. The van der Waals surface area contributed by atoms with E-state index in [1.165, 1.54) is 4.57 Å². The highest BCUT2D eigenvalue weighted by Crippen LogP contribution is 2.14. The van der Waals surface area contributed by atoms with Crippen LogP contribution in [-0.4, -0.2) is 21.0 Å². The van der Waals surface area contributed by atoms with Crippen molar-refractivity contribution in [1.82, 2.24) is 14.9 Å². The van der Waals surface area contributed by atoms with E-state index in [0.717, 1.165) is 0 Å². The molecular formula is C16H21N3O2. The highest BCUT2D eigenvalue weighted by Gasteiger charge is 2.24. The van der Waals surface area contributed by atoms with Crippen LogP contribution in [0.2, 0.25) is 0 Å². The lowest BCUT2D eigenvalue weighted by Gasteiger charge is -2.25. The summed E-state index contributed by atoms with van der Waals surface area (Å²) in [6, 6.07) is 4.71. The lowest BCUT2D eigenvalue weighted by molar-refractivity contribution is -0.125. The van der Waals surface area contributed by atoms with Crippen LogP contribution < -0.4 is 10.9 Å². The Bertz CT molecular complexity index is 713. The lowest BCUT2D eigenvalue weighted by Crippen LogP contribution is -2.45. The van der Waals surface area contributed by atoms with Crippen LogP contribution in [0.1, 0.15) is 40.2 Å². The van der Waals surface area contributed by atoms with Crippen LogP contribution in [0.15, 0.2) is 35.4 Å². The number of amides is 1. The maximum absolute atomic E-state index is 12.5. The molecule has 2 heterocycles. The van der Waals surface area contributed by atoms with Gasteiger partial charge in [-0.15, -0.1) is 0 Å². The average molecular weight is 287 g/mol. The maximum atomic E-state index is 12.5. The van der Waals surface area contributed by atoms with Gasteiger partial charge in [0.25, 0.3) is 5.56 Å². The Balaban J connectivity index is 2.46. The van der Waals surface area contributed by atoms with Crippen molar-refractivity contribution in [1.29, 1.82) is 0 Å². The summed E-state index contributed by atoms with van der Waals surface area (Å²) in [4.78, 5) is 29.1. The summed E-state index contributed by atoms with van der Waals surface area (Å²) in [6.07, 6.45) is 3.84. The third-order valence-corrected chi connectivity index (χ3v) is 3.22. The van der Waals surface area contributed by atoms with Crippen molar-refractivity contribution in [3.63, 3.8) is 0 Å². The predicted molar refractivity (Wildman–Crippen MR) is 83.2 cm³/mol. The molecule has 5 nitrogen and oxygen atoms in total. The Morgan fingerprint density at radius 1 is 1.38 bits per heavy atom. The SMILES string of the molecule is CC[C@H](C(=O)NC(C)(C)C)n1ccc2ncccc2c1=O. The summed E-state index contributed by atoms with van der Waals surface area (Å²) in [5.74, 6) is -0.143. The topological polar surface area (TPSA) is 64.0 Å². The summed E-state index contributed by atoms with van der Waals surface area (Å²) in [5, 5.41) is 3.46. The molecule has 2 aromatic heterocycles. The molecule has 0 bridgehead atoms. The van der Waals surface area contributed by atoms with Crippen molar-refractivity contribution in [2.24, 2.45) is 0 Å². The Morgan fingerprint density at radius 3 is 2.71 bits per heavy atom. The van der Waals surface area contributed by atoms with Gasteiger partial charge in [-0.25, -0.2) is 0 Å². The van der Waals surface area contributed by atoms with Gasteiger partial charge in [0.1, 0.15) is 6.04 Å². The minimum atomic E-state index is -0.513. The largest absolute Gasteiger partial charge is 0.350 e. The zero-order chi connectivity index (χ0) is 15.6. The fourth-order valence-electron chi connectivity index (χ4n) is 2.30. The number of pyridine rings is 2. The summed E-state index contributed by atoms with van der Waals surface area (Å²) in [5.41, 5.74) is 0.133. The quantitative estimate of drug-likeness (QED) is 0.941. The first-order valence-electron chi connectivity index (χ1n) is 7.11. The fraction of sp³-hybridized carbons (Fsp3) is 0.438. The second-order valence-electron chi connectivity index (χ2n) is 6.13. The molecule has 21 heavy (non-hydrogen) atoms. The van der Waals surface area contributed by atoms with Gasteiger partial charge in [-0.3, -0.25) is 14.6 Å². The summed E-state index contributed by atoms with van der Waals surface area (Å²) in [6.45, 7) is 7.66. The Labute approximate surface area is 124 Å². The van der Waals surface area contributed by atoms with Gasteiger partial charge in [-0.1, -0.05) is 6.92 Å². The molecule has 0 aliphatic carbocycles. The third kappa shape index (κ3) is 3.29. The number of aromatic nitrogens is 2. The Hall–Kier alpha value is -2.17. The van der Waals surface area contributed by atoms with E-state index in [0.29, 0.717) is 17.3 Å². The molecule has 0 saturated carbocycles. The van der Waals surface area contributed by atoms with E-state index < -0.39 is 6.04 Å². The van der Waals surface area contributed by atoms with E-state index in [4.69, 9.17) is 0 Å². The molecule has 0 spiro atoms. The molecule has 112 valence electrons. The van der Waals surface area contributed by atoms with Crippen LogP contribution in [-0.2, 0) is 4.79 Å². The van der Waals surface area contributed by atoms with E-state index in [9.17, 15) is 9.59 Å². The number of hydrogen-bond donors (Lipinski definition) is 1. The first-order valence-corrected chi connectivity index (χ1v) is 7.11. The zero-order valence-electron chi connectivity index (χ0n) is 12.9. The average Bonchev–Trinajstić information content (AvgIpc) is 2.40. The number of rotatable bonds is 3. The van der Waals surface area contributed by atoms with E-state index >= 15 is 0 Å². The van der Waals surface area contributed by atoms with E-state index in [1.54, 1.807) is 30.6 Å². The van der Waals surface area contributed by atoms with Gasteiger partial charge in [0.05, 0.1) is 10.9 Å². The second kappa shape index (κ2) is 5.68. The van der Waals surface area contributed by atoms with Crippen LogP contribution in [0.5, 0.6) is 0 Å². The molecule has 0 fully saturated rings.